The van der Waals surface area contributed by atoms with Crippen molar-refractivity contribution >= 4 is 11.6 Å². The second-order valence-corrected chi connectivity index (χ2v) is 4.97. The van der Waals surface area contributed by atoms with E-state index in [9.17, 15) is 4.79 Å². The van der Waals surface area contributed by atoms with Crippen LogP contribution in [0, 0.1) is 0 Å². The van der Waals surface area contributed by atoms with Crippen LogP contribution < -0.4 is 15.8 Å². The van der Waals surface area contributed by atoms with E-state index in [0.29, 0.717) is 0 Å². The molecule has 1 saturated carbocycles. The highest BCUT2D eigenvalue weighted by atomic mass is 16.5. The number of anilines is 1. The van der Waals surface area contributed by atoms with Gasteiger partial charge in [-0.3, -0.25) is 4.79 Å². The summed E-state index contributed by atoms with van der Waals surface area (Å²) in [6.07, 6.45) is 2.77. The Morgan fingerprint density at radius 3 is 2.88 bits per heavy atom. The molecule has 4 heteroatoms. The van der Waals surface area contributed by atoms with Crippen LogP contribution in [0.1, 0.15) is 31.7 Å². The van der Waals surface area contributed by atoms with Gasteiger partial charge in [0.15, 0.2) is 6.10 Å². The van der Waals surface area contributed by atoms with Crippen molar-refractivity contribution in [3.05, 3.63) is 23.8 Å². The van der Waals surface area contributed by atoms with E-state index in [4.69, 9.17) is 10.5 Å². The second kappa shape index (κ2) is 3.47. The predicted octanol–water partition coefficient (Wildman–Crippen LogP) is 1.74. The molecule has 1 aromatic rings. The van der Waals surface area contributed by atoms with E-state index in [1.54, 1.807) is 6.92 Å². The van der Waals surface area contributed by atoms with E-state index in [1.807, 2.05) is 18.2 Å². The summed E-state index contributed by atoms with van der Waals surface area (Å²) in [4.78, 5) is 11.5. The number of fused-ring (bicyclic) bond motifs is 1. The molecule has 0 radical (unpaired) electrons. The first-order valence-corrected chi connectivity index (χ1v) is 5.99. The van der Waals surface area contributed by atoms with Crippen LogP contribution in [-0.2, 0) is 10.3 Å². The molecule has 3 rings (SSSR count). The number of amides is 1. The highest BCUT2D eigenvalue weighted by Gasteiger charge is 2.35. The molecule has 1 aliphatic heterocycles. The maximum absolute atomic E-state index is 11.5. The Hall–Kier alpha value is -1.55. The van der Waals surface area contributed by atoms with E-state index < -0.39 is 6.10 Å². The zero-order chi connectivity index (χ0) is 12.0. The zero-order valence-corrected chi connectivity index (χ0v) is 9.82. The molecule has 1 aliphatic carbocycles. The number of nitrogens with one attached hydrogen (secondary N) is 1. The van der Waals surface area contributed by atoms with Crippen molar-refractivity contribution in [1.29, 1.82) is 0 Å². The average molecular weight is 232 g/mol. The Bertz CT molecular complexity index is 480. The minimum atomic E-state index is -0.427. The van der Waals surface area contributed by atoms with Crippen molar-refractivity contribution in [2.45, 2.75) is 37.8 Å². The van der Waals surface area contributed by atoms with Crippen molar-refractivity contribution in [2.24, 2.45) is 5.73 Å². The van der Waals surface area contributed by atoms with Crippen molar-refractivity contribution in [3.63, 3.8) is 0 Å². The topological polar surface area (TPSA) is 64.3 Å². The first-order valence-electron chi connectivity index (χ1n) is 5.99. The van der Waals surface area contributed by atoms with Gasteiger partial charge < -0.3 is 15.8 Å². The molecule has 1 heterocycles. The molecule has 1 atom stereocenters. The number of carbonyl (C=O) groups is 1. The SMILES string of the molecule is CC1Oc2ccc(C3(N)CCC3)cc2NC1=O. The van der Waals surface area contributed by atoms with Gasteiger partial charge in [0.25, 0.3) is 5.91 Å². The summed E-state index contributed by atoms with van der Waals surface area (Å²) in [5.41, 5.74) is 7.88. The summed E-state index contributed by atoms with van der Waals surface area (Å²) in [7, 11) is 0. The second-order valence-electron chi connectivity index (χ2n) is 4.97. The summed E-state index contributed by atoms with van der Waals surface area (Å²) >= 11 is 0. The molecule has 90 valence electrons. The third kappa shape index (κ3) is 1.60. The summed E-state index contributed by atoms with van der Waals surface area (Å²) < 4.78 is 5.51. The number of hydrogen-bond donors (Lipinski definition) is 2. The Morgan fingerprint density at radius 2 is 2.24 bits per heavy atom. The van der Waals surface area contributed by atoms with Crippen LogP contribution in [0.5, 0.6) is 5.75 Å². The van der Waals surface area contributed by atoms with Gasteiger partial charge in [-0.2, -0.15) is 0 Å². The van der Waals surface area contributed by atoms with E-state index in [-0.39, 0.29) is 11.4 Å². The van der Waals surface area contributed by atoms with Crippen LogP contribution in [0.2, 0.25) is 0 Å². The molecule has 0 aromatic heterocycles. The molecule has 1 unspecified atom stereocenters. The average Bonchev–Trinajstić information content (AvgIpc) is 2.27. The fourth-order valence-corrected chi connectivity index (χ4v) is 2.36. The van der Waals surface area contributed by atoms with Crippen molar-refractivity contribution in [1.82, 2.24) is 0 Å². The Labute approximate surface area is 100 Å². The fourth-order valence-electron chi connectivity index (χ4n) is 2.36. The van der Waals surface area contributed by atoms with E-state index >= 15 is 0 Å². The largest absolute Gasteiger partial charge is 0.479 e. The van der Waals surface area contributed by atoms with Crippen molar-refractivity contribution in [3.8, 4) is 5.75 Å². The number of ether oxygens (including phenoxy) is 1. The lowest BCUT2D eigenvalue weighted by Gasteiger charge is -2.39. The third-order valence-electron chi connectivity index (χ3n) is 3.73. The van der Waals surface area contributed by atoms with Gasteiger partial charge in [-0.05, 0) is 43.9 Å². The van der Waals surface area contributed by atoms with Gasteiger partial charge in [0.05, 0.1) is 5.69 Å². The Kier molecular flexibility index (Phi) is 2.16. The van der Waals surface area contributed by atoms with Crippen LogP contribution in [-0.4, -0.2) is 12.0 Å². The zero-order valence-electron chi connectivity index (χ0n) is 9.82. The van der Waals surface area contributed by atoms with Crippen LogP contribution in [0.4, 0.5) is 5.69 Å². The first-order chi connectivity index (χ1) is 8.08. The smallest absolute Gasteiger partial charge is 0.265 e. The van der Waals surface area contributed by atoms with Crippen molar-refractivity contribution in [2.75, 3.05) is 5.32 Å². The van der Waals surface area contributed by atoms with Gasteiger partial charge in [-0.1, -0.05) is 6.07 Å². The predicted molar refractivity (Wildman–Crippen MR) is 64.9 cm³/mol. The monoisotopic (exact) mass is 232 g/mol. The van der Waals surface area contributed by atoms with E-state index in [2.05, 4.69) is 5.32 Å². The normalized spacial score (nSPS) is 25.3. The summed E-state index contributed by atoms with van der Waals surface area (Å²) in [5, 5.41) is 2.85. The van der Waals surface area contributed by atoms with Gasteiger partial charge in [-0.25, -0.2) is 0 Å². The fraction of sp³-hybridized carbons (Fsp3) is 0.462. The quantitative estimate of drug-likeness (QED) is 0.775. The molecule has 2 aliphatic rings. The minimum absolute atomic E-state index is 0.102. The van der Waals surface area contributed by atoms with Crippen LogP contribution >= 0.6 is 0 Å². The standard InChI is InChI=1S/C13H16N2O2/c1-8-12(16)15-10-7-9(3-4-11(10)17-8)13(14)5-2-6-13/h3-4,7-8H,2,5-6,14H2,1H3,(H,15,16). The molecule has 0 saturated heterocycles. The van der Waals surface area contributed by atoms with Gasteiger partial charge in [-0.15, -0.1) is 0 Å². The number of rotatable bonds is 1. The maximum Gasteiger partial charge on any atom is 0.265 e. The van der Waals surface area contributed by atoms with Gasteiger partial charge in [0.2, 0.25) is 0 Å². The molecule has 0 bridgehead atoms. The lowest BCUT2D eigenvalue weighted by atomic mass is 9.72. The maximum atomic E-state index is 11.5. The van der Waals surface area contributed by atoms with Crippen LogP contribution in [0.15, 0.2) is 18.2 Å². The first kappa shape index (κ1) is 10.6. The summed E-state index contributed by atoms with van der Waals surface area (Å²) in [6, 6.07) is 5.84. The molecule has 1 amide bonds. The van der Waals surface area contributed by atoms with Gasteiger partial charge >= 0.3 is 0 Å². The molecular weight excluding hydrogens is 216 g/mol. The number of carbonyl (C=O) groups excluding carboxylic acids is 1. The lowest BCUT2D eigenvalue weighted by molar-refractivity contribution is -0.122. The van der Waals surface area contributed by atoms with Crippen LogP contribution in [0.3, 0.4) is 0 Å². The number of hydrogen-bond acceptors (Lipinski definition) is 3. The summed E-state index contributed by atoms with van der Waals surface area (Å²) in [6.45, 7) is 1.74. The van der Waals surface area contributed by atoms with Crippen LogP contribution in [0.25, 0.3) is 0 Å². The Balaban J connectivity index is 1.96. The molecule has 3 N–H and O–H groups in total. The van der Waals surface area contributed by atoms with Crippen molar-refractivity contribution < 1.29 is 9.53 Å². The highest BCUT2D eigenvalue weighted by Crippen LogP contribution is 2.41. The number of benzene rings is 1. The van der Waals surface area contributed by atoms with E-state index in [0.717, 1.165) is 29.8 Å². The number of nitrogens with two attached hydrogens (primary N) is 1. The summed E-state index contributed by atoms with van der Waals surface area (Å²) in [5.74, 6) is 0.623. The molecule has 0 spiro atoms. The molecule has 17 heavy (non-hydrogen) atoms. The highest BCUT2D eigenvalue weighted by molar-refractivity contribution is 5.97. The molecule has 1 fully saturated rings. The Morgan fingerprint density at radius 1 is 1.47 bits per heavy atom. The van der Waals surface area contributed by atoms with Gasteiger partial charge in [0.1, 0.15) is 5.75 Å². The molecular formula is C13H16N2O2. The third-order valence-corrected chi connectivity index (χ3v) is 3.73. The molecule has 1 aromatic carbocycles. The van der Waals surface area contributed by atoms with E-state index in [1.165, 1.54) is 6.42 Å². The molecule has 4 nitrogen and oxygen atoms in total. The minimum Gasteiger partial charge on any atom is -0.479 e. The lowest BCUT2D eigenvalue weighted by Crippen LogP contribution is -2.43. The van der Waals surface area contributed by atoms with Gasteiger partial charge in [0, 0.05) is 5.54 Å².